The molecule has 0 amide bonds. The highest BCUT2D eigenvalue weighted by Crippen LogP contribution is 2.32. The molecule has 0 radical (unpaired) electrons. The first-order valence-corrected chi connectivity index (χ1v) is 8.49. The fourth-order valence-corrected chi connectivity index (χ4v) is 2.89. The molecule has 0 saturated carbocycles. The molecule has 1 unspecified atom stereocenters. The van der Waals surface area contributed by atoms with Crippen LogP contribution in [0.3, 0.4) is 0 Å². The Bertz CT molecular complexity index is 796. The molecule has 4 heteroatoms. The second kappa shape index (κ2) is 6.77. The van der Waals surface area contributed by atoms with Gasteiger partial charge in [0.15, 0.2) is 0 Å². The lowest BCUT2D eigenvalue weighted by molar-refractivity contribution is 0.0829. The Morgan fingerprint density at radius 1 is 1.13 bits per heavy atom. The number of hydrogen-bond donors (Lipinski definition) is 0. The number of nitrogens with zero attached hydrogens (tertiary/aromatic N) is 2. The van der Waals surface area contributed by atoms with Gasteiger partial charge in [-0.25, -0.2) is 0 Å². The van der Waals surface area contributed by atoms with E-state index in [1.165, 1.54) is 11.1 Å². The smallest absolute Gasteiger partial charge is 0.149 e. The maximum Gasteiger partial charge on any atom is 0.149 e. The second-order valence-corrected chi connectivity index (χ2v) is 6.86. The van der Waals surface area contributed by atoms with Crippen molar-refractivity contribution < 1.29 is 4.74 Å². The molecule has 0 fully saturated rings. The van der Waals surface area contributed by atoms with Gasteiger partial charge in [0.25, 0.3) is 0 Å². The van der Waals surface area contributed by atoms with Crippen molar-refractivity contribution in [2.24, 2.45) is 0 Å². The fourth-order valence-electron chi connectivity index (χ4n) is 2.53. The van der Waals surface area contributed by atoms with E-state index in [0.29, 0.717) is 0 Å². The lowest BCUT2D eigenvalue weighted by Crippen LogP contribution is -2.30. The number of fused-ring (bicyclic) bond motifs is 1. The van der Waals surface area contributed by atoms with Crippen LogP contribution in [-0.4, -0.2) is 29.8 Å². The quantitative estimate of drug-likeness (QED) is 0.601. The summed E-state index contributed by atoms with van der Waals surface area (Å²) >= 11 is 3.56. The van der Waals surface area contributed by atoms with Gasteiger partial charge in [-0.2, -0.15) is 0 Å². The van der Waals surface area contributed by atoms with Gasteiger partial charge in [0.2, 0.25) is 0 Å². The summed E-state index contributed by atoms with van der Waals surface area (Å²) in [5, 5.41) is 1.13. The van der Waals surface area contributed by atoms with E-state index in [4.69, 9.17) is 4.74 Å². The topological polar surface area (TPSA) is 17.4 Å². The summed E-state index contributed by atoms with van der Waals surface area (Å²) < 4.78 is 9.45. The van der Waals surface area contributed by atoms with Gasteiger partial charge in [-0.15, -0.1) is 0 Å². The standard InChI is InChI=1S/C19H21BrN2O/c1-14(21(2)3)23-19-13-22(12-15-7-5-4-6-8-15)18-10-9-16(20)11-17(18)19/h4-11,13-14H,12H2,1-3H3. The van der Waals surface area contributed by atoms with Crippen molar-refractivity contribution >= 4 is 26.8 Å². The summed E-state index contributed by atoms with van der Waals surface area (Å²) in [4.78, 5) is 2.05. The van der Waals surface area contributed by atoms with E-state index in [-0.39, 0.29) is 6.23 Å². The first kappa shape index (κ1) is 16.1. The molecule has 0 aliphatic heterocycles. The minimum Gasteiger partial charge on any atom is -0.473 e. The third-order valence-electron chi connectivity index (χ3n) is 4.03. The minimum absolute atomic E-state index is 0.0183. The molecule has 2 aromatic carbocycles. The van der Waals surface area contributed by atoms with Crippen LogP contribution in [0, 0.1) is 0 Å². The Morgan fingerprint density at radius 2 is 1.87 bits per heavy atom. The molecule has 0 saturated heterocycles. The summed E-state index contributed by atoms with van der Waals surface area (Å²) in [6.07, 6.45) is 2.12. The van der Waals surface area contributed by atoms with E-state index >= 15 is 0 Å². The first-order valence-electron chi connectivity index (χ1n) is 7.70. The number of hydrogen-bond acceptors (Lipinski definition) is 2. The summed E-state index contributed by atoms with van der Waals surface area (Å²) in [6, 6.07) is 16.8. The zero-order valence-corrected chi connectivity index (χ0v) is 15.2. The van der Waals surface area contributed by atoms with Crippen molar-refractivity contribution in [2.75, 3.05) is 14.1 Å². The molecule has 0 aliphatic carbocycles. The maximum atomic E-state index is 6.15. The van der Waals surface area contributed by atoms with Gasteiger partial charge >= 0.3 is 0 Å². The molecule has 1 heterocycles. The molecule has 0 N–H and O–H groups in total. The Labute approximate surface area is 145 Å². The lowest BCUT2D eigenvalue weighted by atomic mass is 10.2. The van der Waals surface area contributed by atoms with Crippen LogP contribution in [0.15, 0.2) is 59.2 Å². The maximum absolute atomic E-state index is 6.15. The average molecular weight is 373 g/mol. The van der Waals surface area contributed by atoms with Crippen molar-refractivity contribution in [1.82, 2.24) is 9.47 Å². The predicted octanol–water partition coefficient (Wildman–Crippen LogP) is 4.74. The first-order chi connectivity index (χ1) is 11.0. The molecule has 120 valence electrons. The third kappa shape index (κ3) is 3.59. The Kier molecular flexibility index (Phi) is 4.74. The Hall–Kier alpha value is -1.78. The number of benzene rings is 2. The zero-order chi connectivity index (χ0) is 16.4. The molecular weight excluding hydrogens is 352 g/mol. The minimum atomic E-state index is 0.0183. The van der Waals surface area contributed by atoms with E-state index in [0.717, 1.165) is 22.2 Å². The monoisotopic (exact) mass is 372 g/mol. The molecule has 3 rings (SSSR count). The van der Waals surface area contributed by atoms with Crippen LogP contribution in [0.25, 0.3) is 10.9 Å². The van der Waals surface area contributed by atoms with Gasteiger partial charge in [-0.1, -0.05) is 46.3 Å². The fraction of sp³-hybridized carbons (Fsp3) is 0.263. The van der Waals surface area contributed by atoms with Crippen molar-refractivity contribution in [3.63, 3.8) is 0 Å². The van der Waals surface area contributed by atoms with E-state index in [1.807, 2.05) is 20.2 Å². The highest BCUT2D eigenvalue weighted by molar-refractivity contribution is 9.10. The van der Waals surface area contributed by atoms with Crippen LogP contribution in [0.2, 0.25) is 0 Å². The average Bonchev–Trinajstić information content (AvgIpc) is 2.85. The molecule has 0 bridgehead atoms. The Morgan fingerprint density at radius 3 is 2.57 bits per heavy atom. The normalized spacial score (nSPS) is 12.7. The van der Waals surface area contributed by atoms with E-state index in [1.54, 1.807) is 0 Å². The summed E-state index contributed by atoms with van der Waals surface area (Å²) in [5.41, 5.74) is 2.46. The van der Waals surface area contributed by atoms with E-state index in [2.05, 4.69) is 81.0 Å². The third-order valence-corrected chi connectivity index (χ3v) is 4.52. The lowest BCUT2D eigenvalue weighted by Gasteiger charge is -2.20. The zero-order valence-electron chi connectivity index (χ0n) is 13.7. The van der Waals surface area contributed by atoms with Crippen molar-refractivity contribution in [2.45, 2.75) is 19.7 Å². The van der Waals surface area contributed by atoms with E-state index < -0.39 is 0 Å². The molecule has 0 aliphatic rings. The summed E-state index contributed by atoms with van der Waals surface area (Å²) in [6.45, 7) is 2.89. The molecule has 0 spiro atoms. The Balaban J connectivity index is 2.01. The van der Waals surface area contributed by atoms with Crippen molar-refractivity contribution in [3.05, 3.63) is 64.8 Å². The largest absolute Gasteiger partial charge is 0.473 e. The van der Waals surface area contributed by atoms with Crippen LogP contribution in [-0.2, 0) is 6.54 Å². The van der Waals surface area contributed by atoms with Crippen molar-refractivity contribution in [3.8, 4) is 5.75 Å². The highest BCUT2D eigenvalue weighted by Gasteiger charge is 2.14. The van der Waals surface area contributed by atoms with Crippen LogP contribution >= 0.6 is 15.9 Å². The van der Waals surface area contributed by atoms with Gasteiger partial charge in [0, 0.05) is 22.6 Å². The molecule has 3 aromatic rings. The van der Waals surface area contributed by atoms with Gasteiger partial charge < -0.3 is 9.30 Å². The summed E-state index contributed by atoms with van der Waals surface area (Å²) in [5.74, 6) is 0.915. The number of rotatable bonds is 5. The van der Waals surface area contributed by atoms with Crippen LogP contribution < -0.4 is 4.74 Å². The number of halogens is 1. The molecule has 1 aromatic heterocycles. The van der Waals surface area contributed by atoms with E-state index in [9.17, 15) is 0 Å². The van der Waals surface area contributed by atoms with Gasteiger partial charge in [0.05, 0.1) is 5.52 Å². The van der Waals surface area contributed by atoms with Gasteiger partial charge in [0.1, 0.15) is 12.0 Å². The number of ether oxygens (including phenoxy) is 1. The highest BCUT2D eigenvalue weighted by atomic mass is 79.9. The van der Waals surface area contributed by atoms with Crippen LogP contribution in [0.4, 0.5) is 0 Å². The molecule has 1 atom stereocenters. The molecule has 3 nitrogen and oxygen atoms in total. The van der Waals surface area contributed by atoms with Gasteiger partial charge in [-0.3, -0.25) is 4.90 Å². The predicted molar refractivity (Wildman–Crippen MR) is 99.0 cm³/mol. The van der Waals surface area contributed by atoms with Crippen LogP contribution in [0.5, 0.6) is 5.75 Å². The number of aromatic nitrogens is 1. The van der Waals surface area contributed by atoms with Crippen LogP contribution in [0.1, 0.15) is 12.5 Å². The molecular formula is C19H21BrN2O. The SMILES string of the molecule is CC(Oc1cn(Cc2ccccc2)c2ccc(Br)cc12)N(C)C. The van der Waals surface area contributed by atoms with Gasteiger partial charge in [-0.05, 0) is 44.8 Å². The molecule has 23 heavy (non-hydrogen) atoms. The summed E-state index contributed by atoms with van der Waals surface area (Å²) in [7, 11) is 4.04. The van der Waals surface area contributed by atoms with Crippen molar-refractivity contribution in [1.29, 1.82) is 0 Å². The second-order valence-electron chi connectivity index (χ2n) is 5.95.